The standard InChI is InChI=1S/C18H20N4O5/c1-3-27-18(24)12-7-11(8-13(9-12)22(25)26)17(23)20-15-5-4-6-16-14(15)10-19-21(16)2/h7-10,15H,3-6H2,1-2H3,(H,20,23). The van der Waals surface area contributed by atoms with Crippen molar-refractivity contribution >= 4 is 17.6 Å². The van der Waals surface area contributed by atoms with E-state index in [2.05, 4.69) is 10.4 Å². The molecule has 9 nitrogen and oxygen atoms in total. The number of ether oxygens (including phenoxy) is 1. The zero-order chi connectivity index (χ0) is 19.6. The van der Waals surface area contributed by atoms with E-state index in [1.807, 2.05) is 7.05 Å². The smallest absolute Gasteiger partial charge is 0.338 e. The van der Waals surface area contributed by atoms with Gasteiger partial charge in [-0.3, -0.25) is 19.6 Å². The Labute approximate surface area is 155 Å². The highest BCUT2D eigenvalue weighted by Crippen LogP contribution is 2.29. The van der Waals surface area contributed by atoms with Crippen molar-refractivity contribution < 1.29 is 19.2 Å². The number of amides is 1. The Hall–Kier alpha value is -3.23. The molecule has 1 aliphatic rings. The van der Waals surface area contributed by atoms with Crippen LogP contribution in [0.4, 0.5) is 5.69 Å². The molecular weight excluding hydrogens is 352 g/mol. The summed E-state index contributed by atoms with van der Waals surface area (Å²) in [6, 6.07) is 3.35. The Bertz CT molecular complexity index is 905. The first-order valence-electron chi connectivity index (χ1n) is 8.69. The second-order valence-corrected chi connectivity index (χ2v) is 6.33. The molecule has 27 heavy (non-hydrogen) atoms. The average molecular weight is 372 g/mol. The SMILES string of the molecule is CCOC(=O)c1cc(C(=O)NC2CCCc3c2cnn3C)cc([N+](=O)[O-])c1. The molecule has 1 amide bonds. The summed E-state index contributed by atoms with van der Waals surface area (Å²) in [5.41, 5.74) is 1.70. The molecular formula is C18H20N4O5. The molecule has 1 atom stereocenters. The monoisotopic (exact) mass is 372 g/mol. The van der Waals surface area contributed by atoms with E-state index in [4.69, 9.17) is 4.74 Å². The van der Waals surface area contributed by atoms with E-state index >= 15 is 0 Å². The lowest BCUT2D eigenvalue weighted by Gasteiger charge is -2.23. The third kappa shape index (κ3) is 3.81. The van der Waals surface area contributed by atoms with E-state index in [1.54, 1.807) is 17.8 Å². The summed E-state index contributed by atoms with van der Waals surface area (Å²) in [7, 11) is 1.86. The molecule has 9 heteroatoms. The van der Waals surface area contributed by atoms with Crippen molar-refractivity contribution in [3.05, 3.63) is 56.9 Å². The first-order valence-corrected chi connectivity index (χ1v) is 8.69. The number of carbonyl (C=O) groups is 2. The number of carbonyl (C=O) groups excluding carboxylic acids is 2. The van der Waals surface area contributed by atoms with Gasteiger partial charge in [-0.05, 0) is 32.3 Å². The van der Waals surface area contributed by atoms with Crippen LogP contribution in [0.1, 0.15) is 57.8 Å². The Kier molecular flexibility index (Phi) is 5.20. The molecule has 142 valence electrons. The fourth-order valence-corrected chi connectivity index (χ4v) is 3.28. The van der Waals surface area contributed by atoms with Crippen LogP contribution in [0.3, 0.4) is 0 Å². The number of nitrogens with one attached hydrogen (secondary N) is 1. The van der Waals surface area contributed by atoms with E-state index in [0.717, 1.165) is 42.7 Å². The van der Waals surface area contributed by atoms with Crippen LogP contribution in [-0.2, 0) is 18.2 Å². The van der Waals surface area contributed by atoms with Gasteiger partial charge in [-0.1, -0.05) is 0 Å². The number of aryl methyl sites for hydroxylation is 1. The van der Waals surface area contributed by atoms with Crippen molar-refractivity contribution in [2.45, 2.75) is 32.2 Å². The number of fused-ring (bicyclic) bond motifs is 1. The fourth-order valence-electron chi connectivity index (χ4n) is 3.28. The highest BCUT2D eigenvalue weighted by Gasteiger charge is 2.26. The third-order valence-electron chi connectivity index (χ3n) is 4.58. The van der Waals surface area contributed by atoms with Crippen LogP contribution in [0.5, 0.6) is 0 Å². The first kappa shape index (κ1) is 18.6. The predicted molar refractivity (Wildman–Crippen MR) is 95.4 cm³/mol. The Morgan fingerprint density at radius 2 is 2.11 bits per heavy atom. The number of hydrogen-bond acceptors (Lipinski definition) is 6. The van der Waals surface area contributed by atoms with Crippen LogP contribution in [0, 0.1) is 10.1 Å². The predicted octanol–water partition coefficient (Wildman–Crippen LogP) is 2.31. The largest absolute Gasteiger partial charge is 0.462 e. The van der Waals surface area contributed by atoms with E-state index in [-0.39, 0.29) is 29.5 Å². The molecule has 1 heterocycles. The summed E-state index contributed by atoms with van der Waals surface area (Å²) < 4.78 is 6.68. The van der Waals surface area contributed by atoms with Crippen molar-refractivity contribution in [2.75, 3.05) is 6.61 Å². The van der Waals surface area contributed by atoms with Crippen LogP contribution in [0.15, 0.2) is 24.4 Å². The Morgan fingerprint density at radius 1 is 1.37 bits per heavy atom. The van der Waals surface area contributed by atoms with Crippen LogP contribution in [-0.4, -0.2) is 33.2 Å². The average Bonchev–Trinajstić information content (AvgIpc) is 3.03. The summed E-state index contributed by atoms with van der Waals surface area (Å²) in [6.45, 7) is 1.77. The van der Waals surface area contributed by atoms with Gasteiger partial charge >= 0.3 is 5.97 Å². The van der Waals surface area contributed by atoms with Crippen molar-refractivity contribution in [2.24, 2.45) is 7.05 Å². The fraction of sp³-hybridized carbons (Fsp3) is 0.389. The minimum Gasteiger partial charge on any atom is -0.462 e. The van der Waals surface area contributed by atoms with E-state index < -0.39 is 16.8 Å². The van der Waals surface area contributed by atoms with Crippen molar-refractivity contribution in [3.63, 3.8) is 0 Å². The molecule has 3 rings (SSSR count). The summed E-state index contributed by atoms with van der Waals surface area (Å²) in [5.74, 6) is -1.19. The third-order valence-corrected chi connectivity index (χ3v) is 4.58. The zero-order valence-electron chi connectivity index (χ0n) is 15.1. The molecule has 0 radical (unpaired) electrons. The van der Waals surface area contributed by atoms with Gasteiger partial charge in [0.2, 0.25) is 0 Å². The second kappa shape index (κ2) is 7.56. The quantitative estimate of drug-likeness (QED) is 0.489. The lowest BCUT2D eigenvalue weighted by Crippen LogP contribution is -2.31. The van der Waals surface area contributed by atoms with Crippen LogP contribution in [0.2, 0.25) is 0 Å². The highest BCUT2D eigenvalue weighted by molar-refractivity contribution is 5.99. The minimum absolute atomic E-state index is 0.0260. The van der Waals surface area contributed by atoms with Gasteiger partial charge < -0.3 is 10.1 Å². The van der Waals surface area contributed by atoms with E-state index in [0.29, 0.717) is 0 Å². The van der Waals surface area contributed by atoms with Gasteiger partial charge in [0.15, 0.2) is 0 Å². The molecule has 0 fully saturated rings. The van der Waals surface area contributed by atoms with E-state index in [1.165, 1.54) is 6.07 Å². The number of hydrogen-bond donors (Lipinski definition) is 1. The Balaban J connectivity index is 1.88. The molecule has 0 saturated heterocycles. The molecule has 0 spiro atoms. The lowest BCUT2D eigenvalue weighted by atomic mass is 9.92. The topological polar surface area (TPSA) is 116 Å². The summed E-state index contributed by atoms with van der Waals surface area (Å²) in [4.78, 5) is 35.2. The van der Waals surface area contributed by atoms with Crippen molar-refractivity contribution in [1.29, 1.82) is 0 Å². The van der Waals surface area contributed by atoms with Crippen molar-refractivity contribution in [1.82, 2.24) is 15.1 Å². The maximum atomic E-state index is 12.7. The molecule has 0 bridgehead atoms. The molecule has 1 aromatic heterocycles. The van der Waals surface area contributed by atoms with Gasteiger partial charge in [0.25, 0.3) is 11.6 Å². The highest BCUT2D eigenvalue weighted by atomic mass is 16.6. The van der Waals surface area contributed by atoms with Crippen LogP contribution >= 0.6 is 0 Å². The van der Waals surface area contributed by atoms with Crippen LogP contribution in [0.25, 0.3) is 0 Å². The number of nitrogens with zero attached hydrogens (tertiary/aromatic N) is 3. The summed E-state index contributed by atoms with van der Waals surface area (Å²) in [5, 5.41) is 18.3. The summed E-state index contributed by atoms with van der Waals surface area (Å²) >= 11 is 0. The maximum Gasteiger partial charge on any atom is 0.338 e. The van der Waals surface area contributed by atoms with Gasteiger partial charge in [-0.25, -0.2) is 4.79 Å². The Morgan fingerprint density at radius 3 is 2.81 bits per heavy atom. The van der Waals surface area contributed by atoms with Gasteiger partial charge in [-0.2, -0.15) is 5.10 Å². The number of rotatable bonds is 5. The number of nitro groups is 1. The number of benzene rings is 1. The molecule has 1 aliphatic carbocycles. The number of aromatic nitrogens is 2. The minimum atomic E-state index is -0.706. The summed E-state index contributed by atoms with van der Waals surface area (Å²) in [6.07, 6.45) is 4.28. The molecule has 1 unspecified atom stereocenters. The molecule has 0 aliphatic heterocycles. The second-order valence-electron chi connectivity index (χ2n) is 6.33. The van der Waals surface area contributed by atoms with Gasteiger partial charge in [0.1, 0.15) is 0 Å². The normalized spacial score (nSPS) is 15.7. The lowest BCUT2D eigenvalue weighted by molar-refractivity contribution is -0.384. The van der Waals surface area contributed by atoms with Gasteiger partial charge in [0.05, 0.1) is 29.3 Å². The number of non-ortho nitro benzene ring substituents is 1. The molecule has 1 N–H and O–H groups in total. The maximum absolute atomic E-state index is 12.7. The molecule has 0 saturated carbocycles. The van der Waals surface area contributed by atoms with Gasteiger partial charge in [0, 0.05) is 36.0 Å². The van der Waals surface area contributed by atoms with Crippen molar-refractivity contribution in [3.8, 4) is 0 Å². The molecule has 2 aromatic rings. The number of esters is 1. The molecule has 1 aromatic carbocycles. The zero-order valence-corrected chi connectivity index (χ0v) is 15.1. The van der Waals surface area contributed by atoms with Crippen LogP contribution < -0.4 is 5.32 Å². The van der Waals surface area contributed by atoms with E-state index in [9.17, 15) is 19.7 Å². The van der Waals surface area contributed by atoms with Gasteiger partial charge in [-0.15, -0.1) is 0 Å². The first-order chi connectivity index (χ1) is 12.9. The number of nitro benzene ring substituents is 1.